The molecule has 0 aromatic carbocycles. The molecule has 1 atom stereocenters. The van der Waals surface area contributed by atoms with Gasteiger partial charge in [-0.15, -0.1) is 0 Å². The number of unbranched alkanes of at least 4 members (excludes halogenated alkanes) is 1. The summed E-state index contributed by atoms with van der Waals surface area (Å²) in [7, 11) is -3.32. The minimum absolute atomic E-state index is 0.321. The van der Waals surface area contributed by atoms with Gasteiger partial charge in [0.05, 0.1) is 0 Å². The summed E-state index contributed by atoms with van der Waals surface area (Å²) >= 11 is 0. The Balaban J connectivity index is 2.80. The monoisotopic (exact) mass is 319 g/mol. The molecule has 0 aromatic rings. The Morgan fingerprint density at radius 1 is 1.00 bits per heavy atom. The normalized spacial score (nSPS) is 19.8. The quantitative estimate of drug-likeness (QED) is 0.635. The summed E-state index contributed by atoms with van der Waals surface area (Å²) in [6.07, 6.45) is 5.91. The van der Waals surface area contributed by atoms with E-state index in [9.17, 15) is 8.42 Å². The third kappa shape index (κ3) is 5.85. The predicted octanol–water partition coefficient (Wildman–Crippen LogP) is 2.21. The Morgan fingerprint density at radius 3 is 2.14 bits per heavy atom. The molecule has 1 N–H and O–H groups in total. The van der Waals surface area contributed by atoms with Crippen LogP contribution < -0.4 is 5.32 Å². The van der Waals surface area contributed by atoms with Gasteiger partial charge in [0.25, 0.3) is 10.2 Å². The van der Waals surface area contributed by atoms with Gasteiger partial charge < -0.3 is 5.32 Å². The first-order valence-electron chi connectivity index (χ1n) is 8.54. The number of nitrogens with zero attached hydrogens (tertiary/aromatic N) is 2. The highest BCUT2D eigenvalue weighted by molar-refractivity contribution is 7.86. The molecule has 1 heterocycles. The smallest absolute Gasteiger partial charge is 0.282 e. The van der Waals surface area contributed by atoms with Crippen LogP contribution in [0.5, 0.6) is 0 Å². The first-order chi connectivity index (χ1) is 10.1. The molecule has 0 aromatic heterocycles. The fraction of sp³-hybridized carbons (Fsp3) is 1.00. The van der Waals surface area contributed by atoms with E-state index in [0.29, 0.717) is 32.2 Å². The summed E-state index contributed by atoms with van der Waals surface area (Å²) in [5, 5.41) is 3.41. The summed E-state index contributed by atoms with van der Waals surface area (Å²) < 4.78 is 29.2. The lowest BCUT2D eigenvalue weighted by Crippen LogP contribution is -2.49. The van der Waals surface area contributed by atoms with Crippen molar-refractivity contribution in [3.05, 3.63) is 0 Å². The highest BCUT2D eigenvalue weighted by Crippen LogP contribution is 2.15. The van der Waals surface area contributed by atoms with Crippen LogP contribution in [0.4, 0.5) is 0 Å². The van der Waals surface area contributed by atoms with E-state index in [1.165, 1.54) is 0 Å². The van der Waals surface area contributed by atoms with Gasteiger partial charge in [-0.3, -0.25) is 0 Å². The molecular weight excluding hydrogens is 286 g/mol. The molecule has 5 nitrogen and oxygen atoms in total. The van der Waals surface area contributed by atoms with E-state index in [1.807, 2.05) is 13.8 Å². The van der Waals surface area contributed by atoms with Crippen LogP contribution in [0.15, 0.2) is 0 Å². The average molecular weight is 320 g/mol. The van der Waals surface area contributed by atoms with Crippen LogP contribution in [-0.2, 0) is 10.2 Å². The number of hydrogen-bond donors (Lipinski definition) is 1. The zero-order valence-corrected chi connectivity index (χ0v) is 14.8. The van der Waals surface area contributed by atoms with Crippen molar-refractivity contribution in [3.63, 3.8) is 0 Å². The summed E-state index contributed by atoms with van der Waals surface area (Å²) in [5.74, 6) is 0. The first-order valence-corrected chi connectivity index (χ1v) is 9.94. The molecule has 1 aliphatic heterocycles. The van der Waals surface area contributed by atoms with Gasteiger partial charge >= 0.3 is 0 Å². The molecule has 0 amide bonds. The maximum absolute atomic E-state index is 12.9. The van der Waals surface area contributed by atoms with E-state index in [1.54, 1.807) is 8.61 Å². The lowest BCUT2D eigenvalue weighted by Gasteiger charge is -2.31. The Hall–Kier alpha value is -0.170. The molecule has 126 valence electrons. The zero-order chi connectivity index (χ0) is 15.7. The van der Waals surface area contributed by atoms with Gasteiger partial charge in [0, 0.05) is 32.2 Å². The van der Waals surface area contributed by atoms with Crippen molar-refractivity contribution in [3.8, 4) is 0 Å². The van der Waals surface area contributed by atoms with Crippen molar-refractivity contribution in [2.45, 2.75) is 65.3 Å². The summed E-state index contributed by atoms with van der Waals surface area (Å²) in [6.45, 7) is 9.69. The van der Waals surface area contributed by atoms with Gasteiger partial charge in [-0.2, -0.15) is 17.0 Å². The fourth-order valence-electron chi connectivity index (χ4n) is 2.80. The minimum Gasteiger partial charge on any atom is -0.313 e. The van der Waals surface area contributed by atoms with Crippen LogP contribution in [-0.4, -0.2) is 55.8 Å². The van der Waals surface area contributed by atoms with Crippen molar-refractivity contribution in [1.82, 2.24) is 13.9 Å². The second kappa shape index (κ2) is 9.77. The molecule has 21 heavy (non-hydrogen) atoms. The molecule has 0 saturated carbocycles. The second-order valence-corrected chi connectivity index (χ2v) is 7.84. The fourth-order valence-corrected chi connectivity index (χ4v) is 4.68. The molecule has 0 bridgehead atoms. The molecule has 1 unspecified atom stereocenters. The standard InChI is InChI=1S/C15H33N3O2S/c1-4-7-13-18(14-15-9-8-10-16-15)21(19,20)17(11-5-2)12-6-3/h15-16H,4-14H2,1-3H3. The first kappa shape index (κ1) is 18.9. The van der Waals surface area contributed by atoms with Crippen LogP contribution in [0, 0.1) is 0 Å². The minimum atomic E-state index is -3.32. The molecule has 1 aliphatic rings. The van der Waals surface area contributed by atoms with Gasteiger partial charge in [0.15, 0.2) is 0 Å². The summed E-state index contributed by atoms with van der Waals surface area (Å²) in [5.41, 5.74) is 0. The molecule has 1 fully saturated rings. The maximum atomic E-state index is 12.9. The van der Waals surface area contributed by atoms with Crippen molar-refractivity contribution < 1.29 is 8.42 Å². The summed E-state index contributed by atoms with van der Waals surface area (Å²) in [6, 6.07) is 0.321. The highest BCUT2D eigenvalue weighted by atomic mass is 32.2. The van der Waals surface area contributed by atoms with E-state index < -0.39 is 10.2 Å². The van der Waals surface area contributed by atoms with Crippen LogP contribution in [0.3, 0.4) is 0 Å². The van der Waals surface area contributed by atoms with Gasteiger partial charge in [-0.05, 0) is 38.6 Å². The largest absolute Gasteiger partial charge is 0.313 e. The topological polar surface area (TPSA) is 52.7 Å². The third-order valence-corrected chi connectivity index (χ3v) is 5.95. The molecule has 1 saturated heterocycles. The number of rotatable bonds is 11. The van der Waals surface area contributed by atoms with Crippen LogP contribution >= 0.6 is 0 Å². The molecule has 1 rings (SSSR count). The van der Waals surface area contributed by atoms with Crippen molar-refractivity contribution in [2.75, 3.05) is 32.7 Å². The molecule has 0 radical (unpaired) electrons. The zero-order valence-electron chi connectivity index (χ0n) is 14.0. The molecule has 0 spiro atoms. The van der Waals surface area contributed by atoms with E-state index in [-0.39, 0.29) is 0 Å². The van der Waals surface area contributed by atoms with Gasteiger partial charge in [0.2, 0.25) is 0 Å². The van der Waals surface area contributed by atoms with Crippen molar-refractivity contribution >= 4 is 10.2 Å². The Kier molecular flexibility index (Phi) is 8.78. The highest BCUT2D eigenvalue weighted by Gasteiger charge is 2.30. The molecule has 0 aliphatic carbocycles. The Labute approximate surface area is 131 Å². The lowest BCUT2D eigenvalue weighted by molar-refractivity contribution is 0.313. The van der Waals surface area contributed by atoms with Crippen LogP contribution in [0.1, 0.15) is 59.3 Å². The SMILES string of the molecule is CCCCN(CC1CCCN1)S(=O)(=O)N(CCC)CCC. The Bertz CT molecular complexity index is 361. The van der Waals surface area contributed by atoms with E-state index >= 15 is 0 Å². The average Bonchev–Trinajstić information content (AvgIpc) is 2.96. The van der Waals surface area contributed by atoms with E-state index in [0.717, 1.165) is 45.1 Å². The molecular formula is C15H33N3O2S. The van der Waals surface area contributed by atoms with Crippen molar-refractivity contribution in [2.24, 2.45) is 0 Å². The van der Waals surface area contributed by atoms with E-state index in [4.69, 9.17) is 0 Å². The number of hydrogen-bond acceptors (Lipinski definition) is 3. The van der Waals surface area contributed by atoms with Gasteiger partial charge in [0.1, 0.15) is 0 Å². The van der Waals surface area contributed by atoms with Crippen molar-refractivity contribution in [1.29, 1.82) is 0 Å². The summed E-state index contributed by atoms with van der Waals surface area (Å²) in [4.78, 5) is 0. The van der Waals surface area contributed by atoms with Gasteiger partial charge in [-0.25, -0.2) is 0 Å². The maximum Gasteiger partial charge on any atom is 0.282 e. The second-order valence-electron chi connectivity index (χ2n) is 5.91. The number of nitrogens with one attached hydrogen (secondary N) is 1. The third-order valence-electron chi connectivity index (χ3n) is 3.95. The van der Waals surface area contributed by atoms with Gasteiger partial charge in [-0.1, -0.05) is 27.2 Å². The molecule has 6 heteroatoms. The predicted molar refractivity (Wildman–Crippen MR) is 88.6 cm³/mol. The lowest BCUT2D eigenvalue weighted by atomic mass is 10.2. The van der Waals surface area contributed by atoms with Crippen LogP contribution in [0.2, 0.25) is 0 Å². The van der Waals surface area contributed by atoms with E-state index in [2.05, 4.69) is 12.2 Å². The Morgan fingerprint density at radius 2 is 1.67 bits per heavy atom. The van der Waals surface area contributed by atoms with Crippen LogP contribution in [0.25, 0.3) is 0 Å².